The Balaban J connectivity index is 2.66. The first-order valence-corrected chi connectivity index (χ1v) is 8.07. The Morgan fingerprint density at radius 1 is 1.32 bits per heavy atom. The van der Waals surface area contributed by atoms with Crippen LogP contribution in [0.4, 0.5) is 0 Å². The Bertz CT molecular complexity index is 725. The van der Waals surface area contributed by atoms with Crippen LogP contribution in [0.25, 0.3) is 10.9 Å². The predicted molar refractivity (Wildman–Crippen MR) is 90.7 cm³/mol. The number of fused-ring (bicyclic) bond motifs is 1. The highest BCUT2D eigenvalue weighted by Crippen LogP contribution is 2.34. The zero-order chi connectivity index (χ0) is 16.4. The van der Waals surface area contributed by atoms with Crippen molar-refractivity contribution < 1.29 is 9.53 Å². The average molecular weight is 320 g/mol. The first-order valence-electron chi connectivity index (χ1n) is 7.70. The van der Waals surface area contributed by atoms with Crippen LogP contribution in [-0.4, -0.2) is 11.0 Å². The Kier molecular flexibility index (Phi) is 5.07. The Morgan fingerprint density at radius 3 is 2.59 bits per heavy atom. The van der Waals surface area contributed by atoms with E-state index in [1.807, 2.05) is 46.8 Å². The molecule has 0 fully saturated rings. The third-order valence-corrected chi connectivity index (χ3v) is 4.51. The van der Waals surface area contributed by atoms with Crippen LogP contribution in [0, 0.1) is 19.8 Å². The summed E-state index contributed by atoms with van der Waals surface area (Å²) in [6, 6.07) is 3.78. The van der Waals surface area contributed by atoms with Gasteiger partial charge in [0.05, 0.1) is 11.4 Å². The molecule has 1 aromatic heterocycles. The lowest BCUT2D eigenvalue weighted by Crippen LogP contribution is -2.18. The molecular formula is C18H22ClNO2. The van der Waals surface area contributed by atoms with Crippen molar-refractivity contribution in [1.29, 1.82) is 0 Å². The monoisotopic (exact) mass is 319 g/mol. The first kappa shape index (κ1) is 16.8. The van der Waals surface area contributed by atoms with Gasteiger partial charge in [0.2, 0.25) is 0 Å². The second-order valence-corrected chi connectivity index (χ2v) is 6.12. The Labute approximate surface area is 136 Å². The van der Waals surface area contributed by atoms with E-state index in [2.05, 4.69) is 4.98 Å². The maximum absolute atomic E-state index is 12.2. The van der Waals surface area contributed by atoms with E-state index in [4.69, 9.17) is 16.3 Å². The Hall–Kier alpha value is -1.61. The predicted octanol–water partition coefficient (Wildman–Crippen LogP) is 5.02. The van der Waals surface area contributed by atoms with Gasteiger partial charge in [-0.2, -0.15) is 0 Å². The largest absolute Gasteiger partial charge is 0.425 e. The second-order valence-electron chi connectivity index (χ2n) is 5.72. The number of benzene rings is 1. The van der Waals surface area contributed by atoms with Crippen molar-refractivity contribution >= 4 is 28.5 Å². The molecule has 1 heterocycles. The van der Waals surface area contributed by atoms with Gasteiger partial charge in [0.25, 0.3) is 0 Å². The SMILES string of the molecule is CCc1nc2cc(C)c(Cl)cc2c(OC(=O)C(C)CC)c1C. The van der Waals surface area contributed by atoms with Crippen molar-refractivity contribution in [1.82, 2.24) is 4.98 Å². The number of pyridine rings is 1. The van der Waals surface area contributed by atoms with Crippen molar-refractivity contribution in [2.45, 2.75) is 47.5 Å². The molecule has 3 nitrogen and oxygen atoms in total. The molecule has 0 aliphatic heterocycles. The van der Waals surface area contributed by atoms with Gasteiger partial charge in [-0.3, -0.25) is 9.78 Å². The molecule has 0 spiro atoms. The summed E-state index contributed by atoms with van der Waals surface area (Å²) in [5.41, 5.74) is 3.64. The molecule has 0 saturated heterocycles. The van der Waals surface area contributed by atoms with Gasteiger partial charge in [0.15, 0.2) is 0 Å². The quantitative estimate of drug-likeness (QED) is 0.743. The van der Waals surface area contributed by atoms with Crippen LogP contribution >= 0.6 is 11.6 Å². The molecule has 2 rings (SSSR count). The van der Waals surface area contributed by atoms with Gasteiger partial charge >= 0.3 is 5.97 Å². The minimum atomic E-state index is -0.211. The summed E-state index contributed by atoms with van der Waals surface area (Å²) in [6.45, 7) is 9.78. The Morgan fingerprint density at radius 2 is 2.00 bits per heavy atom. The number of hydrogen-bond donors (Lipinski definition) is 0. The molecule has 0 aliphatic rings. The topological polar surface area (TPSA) is 39.2 Å². The summed E-state index contributed by atoms with van der Waals surface area (Å²) < 4.78 is 5.71. The molecule has 1 atom stereocenters. The minimum Gasteiger partial charge on any atom is -0.425 e. The third-order valence-electron chi connectivity index (χ3n) is 4.10. The van der Waals surface area contributed by atoms with Crippen molar-refractivity contribution in [3.8, 4) is 5.75 Å². The van der Waals surface area contributed by atoms with Crippen molar-refractivity contribution in [3.05, 3.63) is 34.0 Å². The number of hydrogen-bond acceptors (Lipinski definition) is 3. The lowest BCUT2D eigenvalue weighted by atomic mass is 10.0. The summed E-state index contributed by atoms with van der Waals surface area (Å²) >= 11 is 6.24. The summed E-state index contributed by atoms with van der Waals surface area (Å²) in [7, 11) is 0. The molecule has 118 valence electrons. The van der Waals surface area contributed by atoms with E-state index in [-0.39, 0.29) is 11.9 Å². The molecule has 1 unspecified atom stereocenters. The molecule has 0 N–H and O–H groups in total. The normalized spacial score (nSPS) is 12.5. The van der Waals surface area contributed by atoms with Crippen LogP contribution in [0.5, 0.6) is 5.75 Å². The smallest absolute Gasteiger partial charge is 0.314 e. The van der Waals surface area contributed by atoms with Gasteiger partial charge in [-0.25, -0.2) is 0 Å². The van der Waals surface area contributed by atoms with Gasteiger partial charge < -0.3 is 4.74 Å². The zero-order valence-corrected chi connectivity index (χ0v) is 14.5. The average Bonchev–Trinajstić information content (AvgIpc) is 2.50. The standard InChI is InChI=1S/C18H22ClNO2/c1-6-10(3)18(21)22-17-12(5)15(7-2)20-16-8-11(4)14(19)9-13(16)17/h8-10H,6-7H2,1-5H3. The molecular weight excluding hydrogens is 298 g/mol. The lowest BCUT2D eigenvalue weighted by molar-refractivity contribution is -0.138. The number of aromatic nitrogens is 1. The van der Waals surface area contributed by atoms with Gasteiger partial charge in [-0.15, -0.1) is 0 Å². The van der Waals surface area contributed by atoms with Crippen LogP contribution in [-0.2, 0) is 11.2 Å². The summed E-state index contributed by atoms with van der Waals surface area (Å²) in [5, 5.41) is 1.45. The molecule has 0 bridgehead atoms. The number of nitrogens with zero attached hydrogens (tertiary/aromatic N) is 1. The number of esters is 1. The van der Waals surface area contributed by atoms with E-state index in [1.54, 1.807) is 0 Å². The van der Waals surface area contributed by atoms with Gasteiger partial charge in [0, 0.05) is 21.7 Å². The fraction of sp³-hybridized carbons (Fsp3) is 0.444. The molecule has 22 heavy (non-hydrogen) atoms. The highest BCUT2D eigenvalue weighted by atomic mass is 35.5. The van der Waals surface area contributed by atoms with Gasteiger partial charge in [-0.1, -0.05) is 32.4 Å². The lowest BCUT2D eigenvalue weighted by Gasteiger charge is -2.16. The number of carbonyl (C=O) groups is 1. The zero-order valence-electron chi connectivity index (χ0n) is 13.8. The maximum Gasteiger partial charge on any atom is 0.314 e. The number of rotatable bonds is 4. The van der Waals surface area contributed by atoms with Crippen LogP contribution in [0.1, 0.15) is 44.0 Å². The molecule has 2 aromatic rings. The third kappa shape index (κ3) is 3.09. The highest BCUT2D eigenvalue weighted by Gasteiger charge is 2.19. The minimum absolute atomic E-state index is 0.131. The number of ether oxygens (including phenoxy) is 1. The van der Waals surface area contributed by atoms with Crippen LogP contribution in [0.3, 0.4) is 0 Å². The second kappa shape index (κ2) is 6.66. The van der Waals surface area contributed by atoms with Crippen LogP contribution in [0.2, 0.25) is 5.02 Å². The van der Waals surface area contributed by atoms with E-state index in [0.29, 0.717) is 10.8 Å². The molecule has 0 radical (unpaired) electrons. The molecule has 0 saturated carbocycles. The van der Waals surface area contributed by atoms with E-state index in [0.717, 1.165) is 40.6 Å². The summed E-state index contributed by atoms with van der Waals surface area (Å²) in [4.78, 5) is 16.9. The maximum atomic E-state index is 12.2. The number of carbonyl (C=O) groups excluding carboxylic acids is 1. The van der Waals surface area contributed by atoms with E-state index in [9.17, 15) is 4.79 Å². The van der Waals surface area contributed by atoms with Gasteiger partial charge in [-0.05, 0) is 44.4 Å². The molecule has 0 aliphatic carbocycles. The summed E-state index contributed by atoms with van der Waals surface area (Å²) in [6.07, 6.45) is 1.54. The van der Waals surface area contributed by atoms with E-state index >= 15 is 0 Å². The fourth-order valence-corrected chi connectivity index (χ4v) is 2.51. The molecule has 4 heteroatoms. The van der Waals surface area contributed by atoms with Crippen molar-refractivity contribution in [2.75, 3.05) is 0 Å². The summed E-state index contributed by atoms with van der Waals surface area (Å²) in [5.74, 6) is 0.250. The van der Waals surface area contributed by atoms with Crippen LogP contribution in [0.15, 0.2) is 12.1 Å². The van der Waals surface area contributed by atoms with E-state index < -0.39 is 0 Å². The van der Waals surface area contributed by atoms with E-state index in [1.165, 1.54) is 0 Å². The first-order chi connectivity index (χ1) is 10.4. The van der Waals surface area contributed by atoms with Crippen molar-refractivity contribution in [3.63, 3.8) is 0 Å². The number of halogens is 1. The highest BCUT2D eigenvalue weighted by molar-refractivity contribution is 6.32. The van der Waals surface area contributed by atoms with Crippen molar-refractivity contribution in [2.24, 2.45) is 5.92 Å². The molecule has 0 amide bonds. The fourth-order valence-electron chi connectivity index (χ4n) is 2.35. The molecule has 1 aromatic carbocycles. The van der Waals surface area contributed by atoms with Gasteiger partial charge in [0.1, 0.15) is 5.75 Å². The number of aryl methyl sites for hydroxylation is 2. The van der Waals surface area contributed by atoms with Crippen LogP contribution < -0.4 is 4.74 Å².